The average Bonchev–Trinajstić information content (AvgIpc) is 3.11. The van der Waals surface area contributed by atoms with Gasteiger partial charge in [0.2, 0.25) is 0 Å². The molecule has 3 rings (SSSR count). The molecule has 1 saturated carbocycles. The normalized spacial score (nSPS) is 24.0. The molecule has 0 saturated heterocycles. The van der Waals surface area contributed by atoms with Gasteiger partial charge in [0.25, 0.3) is 0 Å². The van der Waals surface area contributed by atoms with Crippen molar-refractivity contribution in [1.82, 2.24) is 0 Å². The molecule has 25 heavy (non-hydrogen) atoms. The number of hydrogen-bond donors (Lipinski definition) is 0. The zero-order valence-electron chi connectivity index (χ0n) is 19.7. The predicted molar refractivity (Wildman–Crippen MR) is 119 cm³/mol. The summed E-state index contributed by atoms with van der Waals surface area (Å²) in [5.41, 5.74) is 4.19. The van der Waals surface area contributed by atoms with Crippen molar-refractivity contribution in [2.24, 2.45) is 17.3 Å². The lowest BCUT2D eigenvalue weighted by molar-refractivity contribution is 0.301. The van der Waals surface area contributed by atoms with Crippen molar-refractivity contribution in [3.05, 3.63) is 11.1 Å². The van der Waals surface area contributed by atoms with Crippen LogP contribution in [-0.2, 0) is 0 Å². The SMILES string of the molecule is CC.CC.CC.CC1CCCC1.CC1CCCC2=C1C(C)(C)CCC2. The quantitative estimate of drug-likeness (QED) is 0.380. The average molecular weight is 353 g/mol. The van der Waals surface area contributed by atoms with Gasteiger partial charge >= 0.3 is 0 Å². The highest BCUT2D eigenvalue weighted by molar-refractivity contribution is 5.27. The van der Waals surface area contributed by atoms with Gasteiger partial charge in [-0.05, 0) is 55.8 Å². The summed E-state index contributed by atoms with van der Waals surface area (Å²) in [6, 6.07) is 0. The van der Waals surface area contributed by atoms with Crippen molar-refractivity contribution in [3.8, 4) is 0 Å². The Kier molecular flexibility index (Phi) is 17.2. The first kappa shape index (κ1) is 27.0. The maximum atomic E-state index is 2.45. The molecule has 1 unspecified atom stereocenters. The summed E-state index contributed by atoms with van der Waals surface area (Å²) in [7, 11) is 0. The van der Waals surface area contributed by atoms with Gasteiger partial charge in [0.05, 0.1) is 0 Å². The highest BCUT2D eigenvalue weighted by atomic mass is 14.4. The summed E-state index contributed by atoms with van der Waals surface area (Å²) < 4.78 is 0. The number of rotatable bonds is 0. The molecule has 0 aliphatic heterocycles. The second-order valence-corrected chi connectivity index (χ2v) is 7.94. The smallest absolute Gasteiger partial charge is 0.0139 e. The molecule has 0 spiro atoms. The van der Waals surface area contributed by atoms with Crippen LogP contribution in [0.3, 0.4) is 0 Å². The lowest BCUT2D eigenvalue weighted by Gasteiger charge is -2.41. The molecule has 0 nitrogen and oxygen atoms in total. The molecular formula is C25H52. The predicted octanol–water partition coefficient (Wildman–Crippen LogP) is 9.59. The number of allylic oxidation sites excluding steroid dienone is 2. The lowest BCUT2D eigenvalue weighted by atomic mass is 9.64. The van der Waals surface area contributed by atoms with Gasteiger partial charge in [-0.1, -0.05) is 106 Å². The standard InChI is InChI=1S/C13H22.C6H12.3C2H6/c1-10-6-4-7-11-8-5-9-13(2,3)12(10)11;1-6-4-2-3-5-6;3*1-2/h10H,4-9H2,1-3H3;6H,2-5H2,1H3;3*1-2H3. The van der Waals surface area contributed by atoms with Crippen molar-refractivity contribution in [1.29, 1.82) is 0 Å². The Morgan fingerprint density at radius 3 is 1.56 bits per heavy atom. The molecule has 0 amide bonds. The summed E-state index contributed by atoms with van der Waals surface area (Å²) >= 11 is 0. The van der Waals surface area contributed by atoms with E-state index in [0.29, 0.717) is 5.41 Å². The maximum Gasteiger partial charge on any atom is -0.0139 e. The molecular weight excluding hydrogens is 300 g/mol. The lowest BCUT2D eigenvalue weighted by Crippen LogP contribution is -2.27. The first-order valence-electron chi connectivity index (χ1n) is 11.7. The molecule has 3 aliphatic carbocycles. The minimum atomic E-state index is 0.521. The van der Waals surface area contributed by atoms with Crippen molar-refractivity contribution in [3.63, 3.8) is 0 Å². The van der Waals surface area contributed by atoms with Crippen LogP contribution in [0.15, 0.2) is 11.1 Å². The molecule has 1 fully saturated rings. The molecule has 0 aromatic carbocycles. The third kappa shape index (κ3) is 9.86. The largest absolute Gasteiger partial charge is 0.0702 e. The van der Waals surface area contributed by atoms with E-state index in [-0.39, 0.29) is 0 Å². The molecule has 0 bridgehead atoms. The Labute approximate surface area is 162 Å². The molecule has 0 aromatic heterocycles. The third-order valence-electron chi connectivity index (χ3n) is 5.64. The first-order valence-corrected chi connectivity index (χ1v) is 11.7. The minimum Gasteiger partial charge on any atom is -0.0702 e. The van der Waals surface area contributed by atoms with Gasteiger partial charge in [-0.15, -0.1) is 0 Å². The van der Waals surface area contributed by atoms with Crippen LogP contribution in [0.4, 0.5) is 0 Å². The third-order valence-corrected chi connectivity index (χ3v) is 5.64. The fraction of sp³-hybridized carbons (Fsp3) is 0.920. The number of hydrogen-bond acceptors (Lipinski definition) is 0. The second kappa shape index (κ2) is 16.0. The Bertz CT molecular complexity index is 311. The molecule has 3 aliphatic rings. The molecule has 0 radical (unpaired) electrons. The van der Waals surface area contributed by atoms with Gasteiger partial charge in [-0.3, -0.25) is 0 Å². The summed E-state index contributed by atoms with van der Waals surface area (Å²) in [5, 5.41) is 0. The zero-order chi connectivity index (χ0) is 19.9. The van der Waals surface area contributed by atoms with Gasteiger partial charge in [0.15, 0.2) is 0 Å². The van der Waals surface area contributed by atoms with E-state index in [1.165, 1.54) is 64.2 Å². The molecule has 0 heteroatoms. The van der Waals surface area contributed by atoms with Crippen molar-refractivity contribution in [2.45, 2.75) is 133 Å². The van der Waals surface area contributed by atoms with Crippen molar-refractivity contribution in [2.75, 3.05) is 0 Å². The van der Waals surface area contributed by atoms with Crippen LogP contribution in [0.25, 0.3) is 0 Å². The molecule has 1 atom stereocenters. The first-order chi connectivity index (χ1) is 12.0. The van der Waals surface area contributed by atoms with E-state index in [2.05, 4.69) is 27.7 Å². The van der Waals surface area contributed by atoms with Gasteiger partial charge in [-0.25, -0.2) is 0 Å². The molecule has 152 valence electrons. The van der Waals surface area contributed by atoms with E-state index in [1.807, 2.05) is 52.7 Å². The molecule has 0 heterocycles. The maximum absolute atomic E-state index is 2.45. The summed E-state index contributed by atoms with van der Waals surface area (Å²) in [6.45, 7) is 21.7. The van der Waals surface area contributed by atoms with E-state index in [0.717, 1.165) is 11.8 Å². The van der Waals surface area contributed by atoms with Gasteiger partial charge in [0.1, 0.15) is 0 Å². The van der Waals surface area contributed by atoms with Crippen LogP contribution in [0.1, 0.15) is 133 Å². The van der Waals surface area contributed by atoms with Crippen LogP contribution in [0, 0.1) is 17.3 Å². The monoisotopic (exact) mass is 352 g/mol. The zero-order valence-corrected chi connectivity index (χ0v) is 19.7. The summed E-state index contributed by atoms with van der Waals surface area (Å²) in [5.74, 6) is 1.92. The van der Waals surface area contributed by atoms with Crippen LogP contribution in [0.2, 0.25) is 0 Å². The summed E-state index contributed by atoms with van der Waals surface area (Å²) in [6.07, 6.45) is 14.5. The van der Waals surface area contributed by atoms with E-state index in [1.54, 1.807) is 0 Å². The van der Waals surface area contributed by atoms with Crippen LogP contribution < -0.4 is 0 Å². The van der Waals surface area contributed by atoms with Crippen LogP contribution in [0.5, 0.6) is 0 Å². The molecule has 0 N–H and O–H groups in total. The summed E-state index contributed by atoms with van der Waals surface area (Å²) in [4.78, 5) is 0. The Morgan fingerprint density at radius 2 is 1.16 bits per heavy atom. The topological polar surface area (TPSA) is 0 Å². The van der Waals surface area contributed by atoms with Gasteiger partial charge in [-0.2, -0.15) is 0 Å². The van der Waals surface area contributed by atoms with E-state index in [4.69, 9.17) is 0 Å². The van der Waals surface area contributed by atoms with E-state index >= 15 is 0 Å². The fourth-order valence-electron chi connectivity index (χ4n) is 4.66. The van der Waals surface area contributed by atoms with Crippen molar-refractivity contribution >= 4 is 0 Å². The molecule has 0 aromatic rings. The highest BCUT2D eigenvalue weighted by Crippen LogP contribution is 2.48. The Balaban J connectivity index is 0. The van der Waals surface area contributed by atoms with Crippen LogP contribution in [-0.4, -0.2) is 0 Å². The minimum absolute atomic E-state index is 0.521. The highest BCUT2D eigenvalue weighted by Gasteiger charge is 2.34. The van der Waals surface area contributed by atoms with E-state index < -0.39 is 0 Å². The fourth-order valence-corrected chi connectivity index (χ4v) is 4.66. The van der Waals surface area contributed by atoms with Crippen molar-refractivity contribution < 1.29 is 0 Å². The van der Waals surface area contributed by atoms with Crippen LogP contribution >= 0.6 is 0 Å². The Morgan fingerprint density at radius 1 is 0.680 bits per heavy atom. The Hall–Kier alpha value is -0.260. The second-order valence-electron chi connectivity index (χ2n) is 7.94. The van der Waals surface area contributed by atoms with Gasteiger partial charge in [0, 0.05) is 0 Å². The van der Waals surface area contributed by atoms with E-state index in [9.17, 15) is 0 Å². The van der Waals surface area contributed by atoms with Gasteiger partial charge < -0.3 is 0 Å².